The van der Waals surface area contributed by atoms with Crippen molar-refractivity contribution in [1.82, 2.24) is 0 Å². The molecule has 0 saturated carbocycles. The predicted molar refractivity (Wildman–Crippen MR) is 55.1 cm³/mol. The van der Waals surface area contributed by atoms with Crippen LogP contribution in [0.1, 0.15) is 0 Å². The Hall–Kier alpha value is -3.09. The van der Waals surface area contributed by atoms with Crippen molar-refractivity contribution in [3.63, 3.8) is 0 Å². The van der Waals surface area contributed by atoms with Crippen LogP contribution in [0.2, 0.25) is 0 Å². The third-order valence-electron chi connectivity index (χ3n) is 2.59. The van der Waals surface area contributed by atoms with Crippen molar-refractivity contribution in [2.75, 3.05) is 0 Å². The molecular formula is C7H5N3O10. The summed E-state index contributed by atoms with van der Waals surface area (Å²) in [5, 5.41) is 59.9. The number of hydrogen-bond acceptors (Lipinski definition) is 9. The van der Waals surface area contributed by atoms with Gasteiger partial charge in [0.05, 0.1) is 20.8 Å². The molecule has 1 rings (SSSR count). The van der Waals surface area contributed by atoms with Crippen LogP contribution in [0.5, 0.6) is 0 Å². The Labute approximate surface area is 107 Å². The summed E-state index contributed by atoms with van der Waals surface area (Å²) < 4.78 is 0. The summed E-state index contributed by atoms with van der Waals surface area (Å²) in [4.78, 5) is 38.5. The van der Waals surface area contributed by atoms with Crippen LogP contribution in [0.25, 0.3) is 0 Å². The first-order chi connectivity index (χ1) is 9.08. The molecule has 0 saturated heterocycles. The van der Waals surface area contributed by atoms with Gasteiger partial charge in [-0.25, -0.2) is 4.79 Å². The molecule has 0 aromatic heterocycles. The lowest BCUT2D eigenvalue weighted by molar-refractivity contribution is -0.571. The number of aliphatic hydroxyl groups excluding tert-OH is 2. The van der Waals surface area contributed by atoms with Crippen molar-refractivity contribution in [2.24, 2.45) is 0 Å². The van der Waals surface area contributed by atoms with Crippen molar-refractivity contribution in [3.05, 3.63) is 53.6 Å². The van der Waals surface area contributed by atoms with Crippen molar-refractivity contribution in [2.45, 2.75) is 11.6 Å². The number of aliphatic carboxylic acids is 1. The van der Waals surface area contributed by atoms with Crippen LogP contribution in [-0.4, -0.2) is 47.7 Å². The molecule has 0 aromatic rings. The van der Waals surface area contributed by atoms with Gasteiger partial charge < -0.3 is 15.3 Å². The van der Waals surface area contributed by atoms with E-state index >= 15 is 0 Å². The SMILES string of the molecule is O=C(O)C1([N+](=O)[O-])C(O)=C([N+](=O)[O-])C=C([N+](=O)[O-])C1O. The maximum Gasteiger partial charge on any atom is 0.414 e. The summed E-state index contributed by atoms with van der Waals surface area (Å²) in [5.41, 5.74) is -6.87. The van der Waals surface area contributed by atoms with Crippen LogP contribution in [0.15, 0.2) is 23.2 Å². The normalized spacial score (nSPS) is 25.9. The Bertz CT molecular complexity index is 576. The number of aliphatic hydroxyl groups is 2. The minimum Gasteiger partial charge on any atom is -0.500 e. The second-order valence-electron chi connectivity index (χ2n) is 3.55. The average molecular weight is 291 g/mol. The van der Waals surface area contributed by atoms with E-state index in [1.165, 1.54) is 0 Å². The van der Waals surface area contributed by atoms with Crippen molar-refractivity contribution < 1.29 is 34.9 Å². The van der Waals surface area contributed by atoms with Gasteiger partial charge in [-0.05, 0) is 0 Å². The molecule has 0 bridgehead atoms. The molecular weight excluding hydrogens is 286 g/mol. The van der Waals surface area contributed by atoms with Crippen LogP contribution in [0.3, 0.4) is 0 Å². The Morgan fingerprint density at radius 2 is 1.70 bits per heavy atom. The molecule has 0 aliphatic heterocycles. The molecule has 0 amide bonds. The van der Waals surface area contributed by atoms with Crippen molar-refractivity contribution in [3.8, 4) is 0 Å². The van der Waals surface area contributed by atoms with Crippen LogP contribution < -0.4 is 0 Å². The molecule has 3 N–H and O–H groups in total. The van der Waals surface area contributed by atoms with Gasteiger partial charge in [-0.3, -0.25) is 30.3 Å². The molecule has 0 aromatic carbocycles. The minimum absolute atomic E-state index is 0.0602. The molecule has 0 heterocycles. The highest BCUT2D eigenvalue weighted by atomic mass is 16.7. The van der Waals surface area contributed by atoms with E-state index in [9.17, 15) is 45.4 Å². The van der Waals surface area contributed by atoms with Gasteiger partial charge in [-0.2, -0.15) is 0 Å². The van der Waals surface area contributed by atoms with Crippen LogP contribution in [0, 0.1) is 30.3 Å². The Morgan fingerprint density at radius 3 is 2.00 bits per heavy atom. The Morgan fingerprint density at radius 1 is 1.20 bits per heavy atom. The van der Waals surface area contributed by atoms with E-state index in [0.717, 1.165) is 0 Å². The maximum atomic E-state index is 11.0. The standard InChI is InChI=1S/C7H5N3O10/c11-4-2(8(15)16)1-3(9(17)18)5(12)7(4,6(13)14)10(19)20/h1,4,11-12H,(H,13,14). The fourth-order valence-electron chi connectivity index (χ4n) is 1.60. The highest BCUT2D eigenvalue weighted by molar-refractivity contribution is 5.83. The molecule has 2 unspecified atom stereocenters. The first-order valence-corrected chi connectivity index (χ1v) is 4.58. The number of carboxylic acid groups (broad SMARTS) is 1. The number of allylic oxidation sites excluding steroid dienone is 1. The maximum absolute atomic E-state index is 11.0. The third-order valence-corrected chi connectivity index (χ3v) is 2.59. The monoisotopic (exact) mass is 291 g/mol. The smallest absolute Gasteiger partial charge is 0.414 e. The van der Waals surface area contributed by atoms with E-state index in [0.29, 0.717) is 0 Å². The lowest BCUT2D eigenvalue weighted by atomic mass is 9.83. The van der Waals surface area contributed by atoms with E-state index in [2.05, 4.69) is 0 Å². The van der Waals surface area contributed by atoms with Crippen LogP contribution >= 0.6 is 0 Å². The minimum atomic E-state index is -3.82. The summed E-state index contributed by atoms with van der Waals surface area (Å²) in [6.45, 7) is 0. The zero-order valence-electron chi connectivity index (χ0n) is 9.20. The van der Waals surface area contributed by atoms with Gasteiger partial charge in [0.2, 0.25) is 6.10 Å². The van der Waals surface area contributed by atoms with E-state index < -0.39 is 49.5 Å². The summed E-state index contributed by atoms with van der Waals surface area (Å²) in [6.07, 6.45) is -2.85. The van der Waals surface area contributed by atoms with Crippen molar-refractivity contribution in [1.29, 1.82) is 0 Å². The fraction of sp³-hybridized carbons (Fsp3) is 0.286. The van der Waals surface area contributed by atoms with E-state index in [1.54, 1.807) is 0 Å². The number of hydrogen-bond donors (Lipinski definition) is 3. The van der Waals surface area contributed by atoms with E-state index in [1.807, 2.05) is 0 Å². The zero-order valence-corrected chi connectivity index (χ0v) is 9.20. The van der Waals surface area contributed by atoms with E-state index in [-0.39, 0.29) is 6.08 Å². The molecule has 1 aliphatic carbocycles. The first-order valence-electron chi connectivity index (χ1n) is 4.58. The molecule has 1 aliphatic rings. The van der Waals surface area contributed by atoms with Gasteiger partial charge >= 0.3 is 17.2 Å². The number of carbonyl (C=O) groups is 1. The molecule has 20 heavy (non-hydrogen) atoms. The lowest BCUT2D eigenvalue weighted by Gasteiger charge is -2.25. The molecule has 13 nitrogen and oxygen atoms in total. The van der Waals surface area contributed by atoms with Gasteiger partial charge in [0.1, 0.15) is 0 Å². The summed E-state index contributed by atoms with van der Waals surface area (Å²) >= 11 is 0. The summed E-state index contributed by atoms with van der Waals surface area (Å²) in [6, 6.07) is 0. The molecule has 13 heteroatoms. The third kappa shape index (κ3) is 1.72. The Kier molecular flexibility index (Phi) is 3.40. The fourth-order valence-corrected chi connectivity index (χ4v) is 1.60. The summed E-state index contributed by atoms with van der Waals surface area (Å²) in [5.74, 6) is -4.39. The number of rotatable bonds is 4. The van der Waals surface area contributed by atoms with E-state index in [4.69, 9.17) is 5.11 Å². The quantitative estimate of drug-likeness (QED) is 0.410. The highest BCUT2D eigenvalue weighted by Crippen LogP contribution is 2.35. The average Bonchev–Trinajstić information content (AvgIpc) is 2.27. The highest BCUT2D eigenvalue weighted by Gasteiger charge is 2.70. The molecule has 108 valence electrons. The van der Waals surface area contributed by atoms with Crippen LogP contribution in [-0.2, 0) is 4.79 Å². The van der Waals surface area contributed by atoms with Gasteiger partial charge in [0.15, 0.2) is 0 Å². The molecule has 0 fully saturated rings. The topological polar surface area (TPSA) is 207 Å². The molecule has 2 atom stereocenters. The second-order valence-corrected chi connectivity index (χ2v) is 3.55. The van der Waals surface area contributed by atoms with Gasteiger partial charge in [-0.15, -0.1) is 0 Å². The lowest BCUT2D eigenvalue weighted by Crippen LogP contribution is -2.60. The Balaban J connectivity index is 3.81. The second kappa shape index (κ2) is 4.54. The molecule has 0 spiro atoms. The largest absolute Gasteiger partial charge is 0.500 e. The number of nitrogens with zero attached hydrogens (tertiary/aromatic N) is 3. The van der Waals surface area contributed by atoms with Gasteiger partial charge in [-0.1, -0.05) is 0 Å². The summed E-state index contributed by atoms with van der Waals surface area (Å²) in [7, 11) is 0. The zero-order chi connectivity index (χ0) is 15.8. The van der Waals surface area contributed by atoms with Crippen LogP contribution in [0.4, 0.5) is 0 Å². The molecule has 0 radical (unpaired) electrons. The van der Waals surface area contributed by atoms with Gasteiger partial charge in [0, 0.05) is 0 Å². The number of nitro groups is 3. The van der Waals surface area contributed by atoms with Gasteiger partial charge in [0.25, 0.3) is 11.5 Å². The predicted octanol–water partition coefficient (Wildman–Crippen LogP) is -1.33. The first kappa shape index (κ1) is 15.0. The van der Waals surface area contributed by atoms with Crippen molar-refractivity contribution >= 4 is 5.97 Å². The number of carboxylic acids is 1.